The van der Waals surface area contributed by atoms with E-state index >= 15 is 0 Å². The zero-order valence-corrected chi connectivity index (χ0v) is 9.41. The highest BCUT2D eigenvalue weighted by Gasteiger charge is 2.34. The fraction of sp³-hybridized carbons (Fsp3) is 0.300. The van der Waals surface area contributed by atoms with Crippen LogP contribution in [0.25, 0.3) is 0 Å². The Labute approximate surface area is 108 Å². The average molecular weight is 296 g/mol. The second-order valence-corrected chi connectivity index (χ2v) is 3.40. The minimum atomic E-state index is -5.22. The summed E-state index contributed by atoms with van der Waals surface area (Å²) in [6.07, 6.45) is -9.48. The van der Waals surface area contributed by atoms with Crippen LogP contribution in [-0.2, 0) is 11.2 Å². The van der Waals surface area contributed by atoms with Gasteiger partial charge in [-0.25, -0.2) is 13.8 Å². The SMILES string of the molecule is N#Cc1nc(C(F)F)cc(OC(F)(F)F)c1CC(=O)O. The lowest BCUT2D eigenvalue weighted by molar-refractivity contribution is -0.275. The van der Waals surface area contributed by atoms with Crippen LogP contribution in [-0.4, -0.2) is 22.4 Å². The van der Waals surface area contributed by atoms with Crippen LogP contribution in [0.2, 0.25) is 0 Å². The number of aliphatic carboxylic acids is 1. The number of ether oxygens (including phenoxy) is 1. The number of nitriles is 1. The maximum atomic E-state index is 12.5. The number of nitrogens with zero attached hydrogens (tertiary/aromatic N) is 2. The number of carbonyl (C=O) groups is 1. The summed E-state index contributed by atoms with van der Waals surface area (Å²) >= 11 is 0. The molecule has 1 N–H and O–H groups in total. The van der Waals surface area contributed by atoms with Crippen LogP contribution in [0, 0.1) is 11.3 Å². The quantitative estimate of drug-likeness (QED) is 0.863. The van der Waals surface area contributed by atoms with Gasteiger partial charge in [0.15, 0.2) is 0 Å². The van der Waals surface area contributed by atoms with Crippen LogP contribution >= 0.6 is 0 Å². The first-order valence-corrected chi connectivity index (χ1v) is 4.83. The minimum Gasteiger partial charge on any atom is -0.481 e. The molecule has 0 saturated heterocycles. The summed E-state index contributed by atoms with van der Waals surface area (Å²) in [6, 6.07) is 1.53. The molecule has 0 saturated carbocycles. The van der Waals surface area contributed by atoms with Gasteiger partial charge in [0, 0.05) is 11.6 Å². The molecule has 20 heavy (non-hydrogen) atoms. The Morgan fingerprint density at radius 2 is 2.10 bits per heavy atom. The summed E-state index contributed by atoms with van der Waals surface area (Å²) in [6.45, 7) is 0. The standard InChI is InChI=1S/C10H5F5N2O3/c11-9(12)5-2-7(20-10(13,14)15)4(1-8(18)19)6(3-16)17-5/h2,9H,1H2,(H,18,19). The molecule has 1 aromatic rings. The lowest BCUT2D eigenvalue weighted by Crippen LogP contribution is -2.20. The van der Waals surface area contributed by atoms with Crippen molar-refractivity contribution in [3.63, 3.8) is 0 Å². The van der Waals surface area contributed by atoms with Gasteiger partial charge in [-0.2, -0.15) is 5.26 Å². The number of aromatic nitrogens is 1. The van der Waals surface area contributed by atoms with Crippen molar-refractivity contribution in [3.8, 4) is 11.8 Å². The summed E-state index contributed by atoms with van der Waals surface area (Å²) in [5.41, 5.74) is -2.69. The molecule has 0 aromatic carbocycles. The van der Waals surface area contributed by atoms with E-state index < -0.39 is 47.9 Å². The highest BCUT2D eigenvalue weighted by Crippen LogP contribution is 2.31. The van der Waals surface area contributed by atoms with Gasteiger partial charge in [0.2, 0.25) is 0 Å². The van der Waals surface area contributed by atoms with Crippen molar-refractivity contribution in [2.45, 2.75) is 19.2 Å². The Morgan fingerprint density at radius 1 is 1.50 bits per heavy atom. The monoisotopic (exact) mass is 296 g/mol. The highest BCUT2D eigenvalue weighted by atomic mass is 19.4. The molecule has 1 heterocycles. The van der Waals surface area contributed by atoms with Gasteiger partial charge in [0.25, 0.3) is 6.43 Å². The maximum Gasteiger partial charge on any atom is 0.573 e. The van der Waals surface area contributed by atoms with E-state index in [2.05, 4.69) is 9.72 Å². The molecule has 108 valence electrons. The molecule has 1 rings (SSSR count). The van der Waals surface area contributed by atoms with Crippen molar-refractivity contribution in [2.24, 2.45) is 0 Å². The summed E-state index contributed by atoms with van der Waals surface area (Å²) < 4.78 is 64.9. The molecule has 0 fully saturated rings. The largest absolute Gasteiger partial charge is 0.573 e. The molecule has 0 aliphatic heterocycles. The van der Waals surface area contributed by atoms with Gasteiger partial charge < -0.3 is 9.84 Å². The van der Waals surface area contributed by atoms with Crippen LogP contribution in [0.3, 0.4) is 0 Å². The molecule has 0 amide bonds. The minimum absolute atomic E-state index is 0.261. The number of carboxylic acid groups (broad SMARTS) is 1. The van der Waals surface area contributed by atoms with Gasteiger partial charge in [0.05, 0.1) is 6.42 Å². The van der Waals surface area contributed by atoms with Crippen molar-refractivity contribution < 1.29 is 36.6 Å². The normalized spacial score (nSPS) is 11.2. The predicted molar refractivity (Wildman–Crippen MR) is 51.9 cm³/mol. The summed E-state index contributed by atoms with van der Waals surface area (Å²) in [7, 11) is 0. The first-order valence-electron chi connectivity index (χ1n) is 4.83. The first kappa shape index (κ1) is 15.6. The Balaban J connectivity index is 3.44. The van der Waals surface area contributed by atoms with Crippen molar-refractivity contribution in [1.82, 2.24) is 4.98 Å². The van der Waals surface area contributed by atoms with Crippen LogP contribution in [0.1, 0.15) is 23.4 Å². The third-order valence-electron chi connectivity index (χ3n) is 1.99. The average Bonchev–Trinajstić information content (AvgIpc) is 2.28. The molecular formula is C10H5F5N2O3. The Kier molecular flexibility index (Phi) is 4.44. The van der Waals surface area contributed by atoms with Gasteiger partial charge in [-0.15, -0.1) is 13.2 Å². The topological polar surface area (TPSA) is 83.2 Å². The summed E-state index contributed by atoms with van der Waals surface area (Å²) in [5, 5.41) is 17.2. The molecule has 0 unspecified atom stereocenters. The summed E-state index contributed by atoms with van der Waals surface area (Å²) in [4.78, 5) is 13.7. The van der Waals surface area contributed by atoms with E-state index in [0.717, 1.165) is 0 Å². The van der Waals surface area contributed by atoms with E-state index in [9.17, 15) is 26.7 Å². The molecular weight excluding hydrogens is 291 g/mol. The van der Waals surface area contributed by atoms with E-state index in [1.165, 1.54) is 6.07 Å². The first-order chi connectivity index (χ1) is 9.14. The van der Waals surface area contributed by atoms with E-state index in [-0.39, 0.29) is 6.07 Å². The molecule has 0 radical (unpaired) electrons. The van der Waals surface area contributed by atoms with Gasteiger partial charge in [-0.1, -0.05) is 0 Å². The molecule has 10 heteroatoms. The Morgan fingerprint density at radius 3 is 2.50 bits per heavy atom. The number of halogens is 5. The molecule has 5 nitrogen and oxygen atoms in total. The smallest absolute Gasteiger partial charge is 0.481 e. The van der Waals surface area contributed by atoms with Crippen LogP contribution in [0.4, 0.5) is 22.0 Å². The van der Waals surface area contributed by atoms with Crippen molar-refractivity contribution in [3.05, 3.63) is 23.0 Å². The Bertz CT molecular complexity index is 565. The predicted octanol–water partition coefficient (Wildman–Crippen LogP) is 2.42. The van der Waals surface area contributed by atoms with Gasteiger partial charge in [-0.3, -0.25) is 4.79 Å². The maximum absolute atomic E-state index is 12.5. The number of carboxylic acids is 1. The zero-order valence-electron chi connectivity index (χ0n) is 9.41. The van der Waals surface area contributed by atoms with Crippen molar-refractivity contribution in [2.75, 3.05) is 0 Å². The number of rotatable bonds is 4. The van der Waals surface area contributed by atoms with Gasteiger partial charge in [-0.05, 0) is 0 Å². The number of hydrogen-bond donors (Lipinski definition) is 1. The summed E-state index contributed by atoms with van der Waals surface area (Å²) in [5.74, 6) is -2.75. The second-order valence-electron chi connectivity index (χ2n) is 3.40. The highest BCUT2D eigenvalue weighted by molar-refractivity contribution is 5.72. The van der Waals surface area contributed by atoms with Crippen LogP contribution in [0.15, 0.2) is 6.07 Å². The van der Waals surface area contributed by atoms with Crippen molar-refractivity contribution in [1.29, 1.82) is 5.26 Å². The van der Waals surface area contributed by atoms with Gasteiger partial charge in [0.1, 0.15) is 23.2 Å². The van der Waals surface area contributed by atoms with E-state index in [4.69, 9.17) is 10.4 Å². The van der Waals surface area contributed by atoms with E-state index in [0.29, 0.717) is 0 Å². The van der Waals surface area contributed by atoms with Crippen LogP contribution < -0.4 is 4.74 Å². The molecule has 0 aliphatic rings. The van der Waals surface area contributed by atoms with E-state index in [1.807, 2.05) is 0 Å². The zero-order chi connectivity index (χ0) is 15.5. The fourth-order valence-electron chi connectivity index (χ4n) is 1.31. The lowest BCUT2D eigenvalue weighted by Gasteiger charge is -2.14. The fourth-order valence-corrected chi connectivity index (χ4v) is 1.31. The third kappa shape index (κ3) is 4.04. The molecule has 0 aliphatic carbocycles. The lowest BCUT2D eigenvalue weighted by atomic mass is 10.1. The molecule has 0 spiro atoms. The molecule has 0 atom stereocenters. The Hall–Kier alpha value is -2.44. The van der Waals surface area contributed by atoms with E-state index in [1.54, 1.807) is 0 Å². The molecule has 0 bridgehead atoms. The third-order valence-corrected chi connectivity index (χ3v) is 1.99. The number of hydrogen-bond acceptors (Lipinski definition) is 4. The number of pyridine rings is 1. The molecule has 1 aromatic heterocycles. The van der Waals surface area contributed by atoms with Crippen molar-refractivity contribution >= 4 is 5.97 Å². The van der Waals surface area contributed by atoms with Crippen LogP contribution in [0.5, 0.6) is 5.75 Å². The number of alkyl halides is 5. The second kappa shape index (κ2) is 5.68. The van der Waals surface area contributed by atoms with Gasteiger partial charge >= 0.3 is 12.3 Å².